The standard InChI is InChI=1S/C17H26N2O2S/c1-3-21-16-10-7-9-15(12-16)19-14(2)8-5-4-6-11-18-17(20)13-22/h7,9-10,12,19,22H,2-6,8,11,13H2,1H3,(H,18,20). The van der Waals surface area contributed by atoms with Crippen LogP contribution < -0.4 is 15.4 Å². The van der Waals surface area contributed by atoms with Gasteiger partial charge in [0.2, 0.25) is 5.91 Å². The van der Waals surface area contributed by atoms with Gasteiger partial charge in [-0.3, -0.25) is 4.79 Å². The van der Waals surface area contributed by atoms with Gasteiger partial charge in [0.1, 0.15) is 5.75 Å². The summed E-state index contributed by atoms with van der Waals surface area (Å²) in [6.45, 7) is 7.40. The van der Waals surface area contributed by atoms with Gasteiger partial charge in [-0.1, -0.05) is 19.1 Å². The zero-order valence-corrected chi connectivity index (χ0v) is 14.1. The summed E-state index contributed by atoms with van der Waals surface area (Å²) in [6, 6.07) is 7.88. The SMILES string of the molecule is C=C(CCCCCNC(=O)CS)Nc1cccc(OCC)c1. The summed E-state index contributed by atoms with van der Waals surface area (Å²) < 4.78 is 5.47. The molecule has 0 radical (unpaired) electrons. The lowest BCUT2D eigenvalue weighted by Crippen LogP contribution is -2.25. The molecule has 5 heteroatoms. The molecule has 1 aromatic carbocycles. The molecular formula is C17H26N2O2S. The summed E-state index contributed by atoms with van der Waals surface area (Å²) in [6.07, 6.45) is 4.01. The fourth-order valence-corrected chi connectivity index (χ4v) is 2.13. The summed E-state index contributed by atoms with van der Waals surface area (Å²) in [5, 5.41) is 6.12. The minimum atomic E-state index is -0.0106. The normalized spacial score (nSPS) is 10.1. The maximum atomic E-state index is 11.0. The monoisotopic (exact) mass is 322 g/mol. The van der Waals surface area contributed by atoms with Gasteiger partial charge in [-0.05, 0) is 38.3 Å². The van der Waals surface area contributed by atoms with E-state index in [9.17, 15) is 4.79 Å². The van der Waals surface area contributed by atoms with Crippen molar-refractivity contribution in [2.45, 2.75) is 32.6 Å². The molecule has 1 amide bonds. The van der Waals surface area contributed by atoms with E-state index in [0.717, 1.165) is 49.4 Å². The highest BCUT2D eigenvalue weighted by Crippen LogP contribution is 2.19. The van der Waals surface area contributed by atoms with Crippen LogP contribution in [-0.4, -0.2) is 24.8 Å². The second-order valence-corrected chi connectivity index (χ2v) is 5.32. The topological polar surface area (TPSA) is 50.4 Å². The second-order valence-electron chi connectivity index (χ2n) is 5.01. The first kappa shape index (κ1) is 18.4. The zero-order chi connectivity index (χ0) is 16.2. The number of nitrogens with one attached hydrogen (secondary N) is 2. The molecule has 0 heterocycles. The van der Waals surface area contributed by atoms with Crippen LogP contribution in [0.25, 0.3) is 0 Å². The maximum absolute atomic E-state index is 11.0. The fraction of sp³-hybridized carbons (Fsp3) is 0.471. The Morgan fingerprint density at radius 1 is 1.32 bits per heavy atom. The summed E-state index contributed by atoms with van der Waals surface area (Å²) >= 11 is 3.91. The largest absolute Gasteiger partial charge is 0.494 e. The van der Waals surface area contributed by atoms with E-state index in [0.29, 0.717) is 6.61 Å². The molecule has 0 spiro atoms. The van der Waals surface area contributed by atoms with Crippen LogP contribution in [0.3, 0.4) is 0 Å². The van der Waals surface area contributed by atoms with Crippen molar-refractivity contribution < 1.29 is 9.53 Å². The first-order chi connectivity index (χ1) is 10.7. The molecule has 0 aliphatic rings. The van der Waals surface area contributed by atoms with Crippen LogP contribution in [0.4, 0.5) is 5.69 Å². The van der Waals surface area contributed by atoms with Gasteiger partial charge in [-0.25, -0.2) is 0 Å². The van der Waals surface area contributed by atoms with Crippen molar-refractivity contribution in [3.8, 4) is 5.75 Å². The van der Waals surface area contributed by atoms with Gasteiger partial charge in [0.05, 0.1) is 12.4 Å². The molecule has 0 fully saturated rings. The number of ether oxygens (including phenoxy) is 1. The summed E-state index contributed by atoms with van der Waals surface area (Å²) in [5.74, 6) is 1.10. The van der Waals surface area contributed by atoms with E-state index in [2.05, 4.69) is 29.8 Å². The number of hydrogen-bond donors (Lipinski definition) is 3. The third-order valence-electron chi connectivity index (χ3n) is 3.09. The minimum absolute atomic E-state index is 0.0106. The molecule has 1 rings (SSSR count). The molecule has 0 saturated heterocycles. The Morgan fingerprint density at radius 2 is 2.14 bits per heavy atom. The van der Waals surface area contributed by atoms with E-state index in [1.165, 1.54) is 0 Å². The predicted octanol–water partition coefficient (Wildman–Crippen LogP) is 3.62. The summed E-state index contributed by atoms with van der Waals surface area (Å²) in [4.78, 5) is 11.0. The first-order valence-electron chi connectivity index (χ1n) is 7.71. The zero-order valence-electron chi connectivity index (χ0n) is 13.2. The van der Waals surface area contributed by atoms with Gasteiger partial charge in [-0.15, -0.1) is 0 Å². The number of allylic oxidation sites excluding steroid dienone is 1. The van der Waals surface area contributed by atoms with Crippen LogP contribution >= 0.6 is 12.6 Å². The van der Waals surface area contributed by atoms with Gasteiger partial charge >= 0.3 is 0 Å². The molecule has 0 aliphatic carbocycles. The van der Waals surface area contributed by atoms with E-state index in [1.807, 2.05) is 31.2 Å². The third kappa shape index (κ3) is 7.98. The number of benzene rings is 1. The van der Waals surface area contributed by atoms with Crippen LogP contribution in [-0.2, 0) is 4.79 Å². The number of carbonyl (C=O) groups is 1. The molecule has 0 aromatic heterocycles. The smallest absolute Gasteiger partial charge is 0.229 e. The van der Waals surface area contributed by atoms with Crippen molar-refractivity contribution >= 4 is 24.2 Å². The number of anilines is 1. The Balaban J connectivity index is 2.18. The Morgan fingerprint density at radius 3 is 2.86 bits per heavy atom. The first-order valence-corrected chi connectivity index (χ1v) is 8.34. The number of carbonyl (C=O) groups excluding carboxylic acids is 1. The van der Waals surface area contributed by atoms with Crippen molar-refractivity contribution in [2.75, 3.05) is 24.2 Å². The van der Waals surface area contributed by atoms with Crippen molar-refractivity contribution in [3.05, 3.63) is 36.5 Å². The van der Waals surface area contributed by atoms with Crippen molar-refractivity contribution in [1.29, 1.82) is 0 Å². The lowest BCUT2D eigenvalue weighted by Gasteiger charge is -2.11. The fourth-order valence-electron chi connectivity index (χ4n) is 2.02. The second kappa shape index (κ2) is 11.0. The van der Waals surface area contributed by atoms with Crippen molar-refractivity contribution in [3.63, 3.8) is 0 Å². The van der Waals surface area contributed by atoms with Gasteiger partial charge in [0.15, 0.2) is 0 Å². The Hall–Kier alpha value is -1.62. The van der Waals surface area contributed by atoms with Gasteiger partial charge in [0, 0.05) is 24.0 Å². The highest BCUT2D eigenvalue weighted by Gasteiger charge is 2.00. The Labute approximate surface area is 138 Å². The minimum Gasteiger partial charge on any atom is -0.494 e. The maximum Gasteiger partial charge on any atom is 0.229 e. The Bertz CT molecular complexity index is 477. The average Bonchev–Trinajstić information content (AvgIpc) is 2.51. The van der Waals surface area contributed by atoms with Crippen LogP contribution in [0.1, 0.15) is 32.6 Å². The van der Waals surface area contributed by atoms with E-state index in [-0.39, 0.29) is 11.7 Å². The quantitative estimate of drug-likeness (QED) is 0.431. The number of rotatable bonds is 11. The molecule has 4 nitrogen and oxygen atoms in total. The molecule has 0 aliphatic heterocycles. The lowest BCUT2D eigenvalue weighted by molar-refractivity contribution is -0.118. The molecule has 1 aromatic rings. The molecule has 0 atom stereocenters. The number of unbranched alkanes of at least 4 members (excludes halogenated alkanes) is 2. The van der Waals surface area contributed by atoms with Gasteiger partial charge in [-0.2, -0.15) is 12.6 Å². The number of amides is 1. The summed E-state index contributed by atoms with van der Waals surface area (Å²) in [5.41, 5.74) is 1.99. The molecule has 0 bridgehead atoms. The van der Waals surface area contributed by atoms with Crippen LogP contribution in [0.2, 0.25) is 0 Å². The number of thiol groups is 1. The van der Waals surface area contributed by atoms with E-state index in [1.54, 1.807) is 0 Å². The van der Waals surface area contributed by atoms with E-state index < -0.39 is 0 Å². The third-order valence-corrected chi connectivity index (χ3v) is 3.37. The predicted molar refractivity (Wildman–Crippen MR) is 95.7 cm³/mol. The molecule has 22 heavy (non-hydrogen) atoms. The molecule has 122 valence electrons. The van der Waals surface area contributed by atoms with Crippen LogP contribution in [0.5, 0.6) is 5.75 Å². The number of hydrogen-bond acceptors (Lipinski definition) is 4. The molecule has 0 unspecified atom stereocenters. The molecule has 2 N–H and O–H groups in total. The van der Waals surface area contributed by atoms with E-state index in [4.69, 9.17) is 4.74 Å². The Kier molecular flexibility index (Phi) is 9.23. The van der Waals surface area contributed by atoms with Crippen molar-refractivity contribution in [1.82, 2.24) is 5.32 Å². The van der Waals surface area contributed by atoms with Crippen LogP contribution in [0.15, 0.2) is 36.5 Å². The van der Waals surface area contributed by atoms with Crippen molar-refractivity contribution in [2.24, 2.45) is 0 Å². The highest BCUT2D eigenvalue weighted by atomic mass is 32.1. The highest BCUT2D eigenvalue weighted by molar-refractivity contribution is 7.81. The molecule has 0 saturated carbocycles. The van der Waals surface area contributed by atoms with Crippen LogP contribution in [0, 0.1) is 0 Å². The lowest BCUT2D eigenvalue weighted by atomic mass is 10.1. The van der Waals surface area contributed by atoms with E-state index >= 15 is 0 Å². The molecular weight excluding hydrogens is 296 g/mol. The van der Waals surface area contributed by atoms with Gasteiger partial charge in [0.25, 0.3) is 0 Å². The summed E-state index contributed by atoms with van der Waals surface area (Å²) in [7, 11) is 0. The van der Waals surface area contributed by atoms with Gasteiger partial charge < -0.3 is 15.4 Å². The average molecular weight is 322 g/mol.